The fourth-order valence-electron chi connectivity index (χ4n) is 2.09. The number of carbonyl (C=O) groups is 2. The Kier molecular flexibility index (Phi) is 4.70. The highest BCUT2D eigenvalue weighted by Crippen LogP contribution is 2.36. The summed E-state index contributed by atoms with van der Waals surface area (Å²) in [4.78, 5) is 22.7. The van der Waals surface area contributed by atoms with Gasteiger partial charge in [0.25, 0.3) is 10.0 Å². The molecule has 8 heteroatoms. The minimum Gasteiger partial charge on any atom is -0.481 e. The molecule has 0 aromatic heterocycles. The average Bonchev–Trinajstić information content (AvgIpc) is 3.23. The second-order valence-corrected chi connectivity index (χ2v) is 7.09. The van der Waals surface area contributed by atoms with Crippen molar-refractivity contribution in [2.24, 2.45) is 11.8 Å². The number of carboxylic acids is 1. The number of carboxylic acid groups (broad SMARTS) is 1. The van der Waals surface area contributed by atoms with Gasteiger partial charge in [-0.3, -0.25) is 4.79 Å². The first-order valence-electron chi connectivity index (χ1n) is 6.90. The molecule has 1 atom stereocenters. The van der Waals surface area contributed by atoms with Crippen LogP contribution in [0.3, 0.4) is 0 Å². The summed E-state index contributed by atoms with van der Waals surface area (Å²) < 4.78 is 25.9. The lowest BCUT2D eigenvalue weighted by Gasteiger charge is -2.13. The van der Waals surface area contributed by atoms with Crippen LogP contribution in [0.1, 0.15) is 18.4 Å². The van der Waals surface area contributed by atoms with E-state index in [0.29, 0.717) is 0 Å². The predicted molar refractivity (Wildman–Crippen MR) is 78.7 cm³/mol. The SMILES string of the molecule is Cc1ccc(S(=O)(=O)NC(=O)NC[C@@H](C(=O)O)C2CC2)cc1. The monoisotopic (exact) mass is 326 g/mol. The molecule has 0 aliphatic heterocycles. The smallest absolute Gasteiger partial charge is 0.328 e. The number of carbonyl (C=O) groups excluding carboxylic acids is 1. The Bertz CT molecular complexity index is 665. The number of rotatable bonds is 6. The molecule has 1 aromatic rings. The van der Waals surface area contributed by atoms with Crippen LogP contribution in [0.25, 0.3) is 0 Å². The first-order valence-corrected chi connectivity index (χ1v) is 8.38. The van der Waals surface area contributed by atoms with Gasteiger partial charge in [0.2, 0.25) is 0 Å². The molecule has 0 radical (unpaired) electrons. The molecule has 7 nitrogen and oxygen atoms in total. The van der Waals surface area contributed by atoms with E-state index in [2.05, 4.69) is 5.32 Å². The molecule has 2 rings (SSSR count). The third-order valence-electron chi connectivity index (χ3n) is 3.55. The Labute approximate surface area is 128 Å². The first kappa shape index (κ1) is 16.3. The number of amides is 2. The van der Waals surface area contributed by atoms with E-state index in [4.69, 9.17) is 5.11 Å². The van der Waals surface area contributed by atoms with E-state index >= 15 is 0 Å². The van der Waals surface area contributed by atoms with Crippen LogP contribution in [-0.2, 0) is 14.8 Å². The number of urea groups is 1. The zero-order chi connectivity index (χ0) is 16.3. The largest absolute Gasteiger partial charge is 0.481 e. The third kappa shape index (κ3) is 4.20. The first-order chi connectivity index (χ1) is 10.3. The van der Waals surface area contributed by atoms with Crippen molar-refractivity contribution in [2.45, 2.75) is 24.7 Å². The number of sulfonamides is 1. The summed E-state index contributed by atoms with van der Waals surface area (Å²) in [6.45, 7) is 1.73. The Hall–Kier alpha value is -2.09. The van der Waals surface area contributed by atoms with Crippen LogP contribution in [-0.4, -0.2) is 32.1 Å². The van der Waals surface area contributed by atoms with Crippen molar-refractivity contribution in [3.63, 3.8) is 0 Å². The molecular weight excluding hydrogens is 308 g/mol. The average molecular weight is 326 g/mol. The van der Waals surface area contributed by atoms with Gasteiger partial charge in [0.15, 0.2) is 0 Å². The second kappa shape index (κ2) is 6.35. The van der Waals surface area contributed by atoms with Crippen molar-refractivity contribution < 1.29 is 23.1 Å². The number of benzene rings is 1. The molecule has 0 bridgehead atoms. The van der Waals surface area contributed by atoms with Crippen molar-refractivity contribution in [1.29, 1.82) is 0 Å². The summed E-state index contributed by atoms with van der Waals surface area (Å²) in [6.07, 6.45) is 1.64. The molecule has 1 aliphatic rings. The summed E-state index contributed by atoms with van der Waals surface area (Å²) in [5.74, 6) is -1.59. The van der Waals surface area contributed by atoms with Gasteiger partial charge in [-0.05, 0) is 37.8 Å². The second-order valence-electron chi connectivity index (χ2n) is 5.41. The number of aryl methyl sites for hydroxylation is 1. The number of hydrogen-bond donors (Lipinski definition) is 3. The summed E-state index contributed by atoms with van der Waals surface area (Å²) in [7, 11) is -3.96. The quantitative estimate of drug-likeness (QED) is 0.724. The van der Waals surface area contributed by atoms with Crippen LogP contribution in [0, 0.1) is 18.8 Å². The van der Waals surface area contributed by atoms with E-state index in [1.54, 1.807) is 12.1 Å². The molecule has 0 heterocycles. The lowest BCUT2D eigenvalue weighted by molar-refractivity contribution is -0.142. The van der Waals surface area contributed by atoms with E-state index < -0.39 is 27.9 Å². The minimum absolute atomic E-state index is 0.0229. The molecule has 1 saturated carbocycles. The van der Waals surface area contributed by atoms with E-state index in [9.17, 15) is 18.0 Å². The summed E-state index contributed by atoms with van der Waals surface area (Å²) in [5.41, 5.74) is 0.900. The number of nitrogens with one attached hydrogen (secondary N) is 2. The lowest BCUT2D eigenvalue weighted by Crippen LogP contribution is -2.42. The topological polar surface area (TPSA) is 113 Å². The van der Waals surface area contributed by atoms with Crippen LogP contribution in [0.15, 0.2) is 29.2 Å². The van der Waals surface area contributed by atoms with Gasteiger partial charge >= 0.3 is 12.0 Å². The summed E-state index contributed by atoms with van der Waals surface area (Å²) >= 11 is 0. The van der Waals surface area contributed by atoms with Crippen molar-refractivity contribution in [3.05, 3.63) is 29.8 Å². The molecule has 22 heavy (non-hydrogen) atoms. The Morgan fingerprint density at radius 1 is 1.27 bits per heavy atom. The molecule has 1 aliphatic carbocycles. The maximum absolute atomic E-state index is 12.0. The van der Waals surface area contributed by atoms with Crippen molar-refractivity contribution in [2.75, 3.05) is 6.54 Å². The van der Waals surface area contributed by atoms with Gasteiger partial charge in [-0.2, -0.15) is 0 Å². The number of hydrogen-bond acceptors (Lipinski definition) is 4. The van der Waals surface area contributed by atoms with Crippen LogP contribution >= 0.6 is 0 Å². The molecule has 1 aromatic carbocycles. The molecule has 2 amide bonds. The van der Waals surface area contributed by atoms with Gasteiger partial charge < -0.3 is 10.4 Å². The third-order valence-corrected chi connectivity index (χ3v) is 4.90. The van der Waals surface area contributed by atoms with Crippen molar-refractivity contribution in [1.82, 2.24) is 10.0 Å². The van der Waals surface area contributed by atoms with Crippen LogP contribution in [0.5, 0.6) is 0 Å². The fraction of sp³-hybridized carbons (Fsp3) is 0.429. The minimum atomic E-state index is -3.96. The van der Waals surface area contributed by atoms with Gasteiger partial charge in [-0.25, -0.2) is 17.9 Å². The molecular formula is C14H18N2O5S. The fourth-order valence-corrected chi connectivity index (χ4v) is 3.02. The van der Waals surface area contributed by atoms with Gasteiger partial charge in [0.1, 0.15) is 0 Å². The van der Waals surface area contributed by atoms with Crippen LogP contribution in [0.4, 0.5) is 4.79 Å². The highest BCUT2D eigenvalue weighted by Gasteiger charge is 2.36. The molecule has 0 spiro atoms. The van der Waals surface area contributed by atoms with E-state index in [1.165, 1.54) is 12.1 Å². The highest BCUT2D eigenvalue weighted by atomic mass is 32.2. The zero-order valence-electron chi connectivity index (χ0n) is 12.1. The summed E-state index contributed by atoms with van der Waals surface area (Å²) in [6, 6.07) is 5.12. The van der Waals surface area contributed by atoms with E-state index in [-0.39, 0.29) is 17.4 Å². The lowest BCUT2D eigenvalue weighted by atomic mass is 10.0. The molecule has 1 fully saturated rings. The van der Waals surface area contributed by atoms with Crippen molar-refractivity contribution in [3.8, 4) is 0 Å². The maximum atomic E-state index is 12.0. The van der Waals surface area contributed by atoms with Gasteiger partial charge in [0.05, 0.1) is 10.8 Å². The molecule has 120 valence electrons. The predicted octanol–water partition coefficient (Wildman–Crippen LogP) is 1.09. The van der Waals surface area contributed by atoms with Gasteiger partial charge in [-0.1, -0.05) is 17.7 Å². The zero-order valence-corrected chi connectivity index (χ0v) is 12.9. The van der Waals surface area contributed by atoms with Crippen LogP contribution in [0.2, 0.25) is 0 Å². The standard InChI is InChI=1S/C14H18N2O5S/c1-9-2-6-11(7-3-9)22(20,21)16-14(19)15-8-12(13(17)18)10-4-5-10/h2-3,6-7,10,12H,4-5,8H2,1H3,(H,17,18)(H2,15,16,19)/t12-/m1/s1. The number of aliphatic carboxylic acids is 1. The summed E-state index contributed by atoms with van der Waals surface area (Å²) in [5, 5.41) is 11.4. The highest BCUT2D eigenvalue weighted by molar-refractivity contribution is 7.90. The van der Waals surface area contributed by atoms with Crippen molar-refractivity contribution >= 4 is 22.0 Å². The van der Waals surface area contributed by atoms with Gasteiger partial charge in [-0.15, -0.1) is 0 Å². The maximum Gasteiger partial charge on any atom is 0.328 e. The Balaban J connectivity index is 1.93. The van der Waals surface area contributed by atoms with Crippen LogP contribution < -0.4 is 10.0 Å². The molecule has 0 unspecified atom stereocenters. The van der Waals surface area contributed by atoms with E-state index in [0.717, 1.165) is 18.4 Å². The molecule has 0 saturated heterocycles. The van der Waals surface area contributed by atoms with Gasteiger partial charge in [0, 0.05) is 6.54 Å². The van der Waals surface area contributed by atoms with E-state index in [1.807, 2.05) is 11.6 Å². The molecule has 3 N–H and O–H groups in total. The Morgan fingerprint density at radius 3 is 2.36 bits per heavy atom. The normalized spacial score (nSPS) is 15.9. The Morgan fingerprint density at radius 2 is 1.86 bits per heavy atom.